The summed E-state index contributed by atoms with van der Waals surface area (Å²) in [5, 5.41) is 15.7. The van der Waals surface area contributed by atoms with Crippen LogP contribution in [0, 0.1) is 5.41 Å². The van der Waals surface area contributed by atoms with E-state index in [0.29, 0.717) is 11.4 Å². The van der Waals surface area contributed by atoms with Crippen LogP contribution in [0.3, 0.4) is 0 Å². The van der Waals surface area contributed by atoms with Crippen molar-refractivity contribution in [3.05, 3.63) is 48.2 Å². The van der Waals surface area contributed by atoms with E-state index in [1.807, 2.05) is 24.3 Å². The van der Waals surface area contributed by atoms with E-state index in [2.05, 4.69) is 15.3 Å². The molecule has 0 atom stereocenters. The summed E-state index contributed by atoms with van der Waals surface area (Å²) in [5.41, 5.74) is 7.69. The molecule has 0 amide bonds. The van der Waals surface area contributed by atoms with Gasteiger partial charge in [0.05, 0.1) is 11.1 Å². The molecule has 19 heavy (non-hydrogen) atoms. The maximum absolute atomic E-state index is 7.56. The number of fused-ring (bicyclic) bond motifs is 1. The Kier molecular flexibility index (Phi) is 3.43. The van der Waals surface area contributed by atoms with Crippen molar-refractivity contribution in [2.45, 2.75) is 0 Å². The highest BCUT2D eigenvalue weighted by molar-refractivity contribution is 5.98. The van der Waals surface area contributed by atoms with Gasteiger partial charge in [-0.2, -0.15) is 4.68 Å². The number of hydrogen-bond donors (Lipinski definition) is 2. The molecule has 0 radical (unpaired) electrons. The topological polar surface area (TPSA) is 93.5 Å². The number of benzene rings is 1. The van der Waals surface area contributed by atoms with Crippen LogP contribution in [0.2, 0.25) is 0 Å². The number of nitrogen functional groups attached to an aromatic ring is 1. The van der Waals surface area contributed by atoms with Crippen LogP contribution in [0.25, 0.3) is 16.9 Å². The Morgan fingerprint density at radius 3 is 2.74 bits per heavy atom. The van der Waals surface area contributed by atoms with E-state index in [1.165, 1.54) is 0 Å². The second kappa shape index (κ2) is 5.03. The van der Waals surface area contributed by atoms with Gasteiger partial charge in [0.2, 0.25) is 0 Å². The predicted octanol–water partition coefficient (Wildman–Crippen LogP) is 1.52. The van der Waals surface area contributed by atoms with Gasteiger partial charge in [-0.25, -0.2) is 4.98 Å². The van der Waals surface area contributed by atoms with E-state index < -0.39 is 0 Å². The monoisotopic (exact) mass is 274 g/mol. The minimum Gasteiger partial charge on any atom is -0.384 e. The Hall–Kier alpha value is -2.47. The molecule has 0 saturated heterocycles. The highest BCUT2D eigenvalue weighted by Crippen LogP contribution is 2.16. The smallest absolute Gasteiger partial charge is 0.166 e. The largest absolute Gasteiger partial charge is 0.384 e. The van der Waals surface area contributed by atoms with E-state index in [9.17, 15) is 0 Å². The first-order valence-electron chi connectivity index (χ1n) is 5.37. The zero-order valence-electron chi connectivity index (χ0n) is 9.82. The second-order valence-corrected chi connectivity index (χ2v) is 3.78. The summed E-state index contributed by atoms with van der Waals surface area (Å²) in [6.07, 6.45) is 1.64. The predicted molar refractivity (Wildman–Crippen MR) is 74.9 cm³/mol. The van der Waals surface area contributed by atoms with Crippen LogP contribution in [-0.2, 0) is 0 Å². The molecule has 0 spiro atoms. The molecular weight excluding hydrogens is 264 g/mol. The second-order valence-electron chi connectivity index (χ2n) is 3.78. The molecule has 0 aliphatic heterocycles. The summed E-state index contributed by atoms with van der Waals surface area (Å²) >= 11 is 0. The summed E-state index contributed by atoms with van der Waals surface area (Å²) in [7, 11) is 0. The lowest BCUT2D eigenvalue weighted by molar-refractivity contribution is 0.799. The minimum absolute atomic E-state index is 0. The van der Waals surface area contributed by atoms with Gasteiger partial charge in [0.15, 0.2) is 5.82 Å². The number of nitrogens with one attached hydrogen (secondary N) is 1. The number of hydrogen-bond acceptors (Lipinski definition) is 4. The third-order valence-corrected chi connectivity index (χ3v) is 2.63. The van der Waals surface area contributed by atoms with Gasteiger partial charge in [-0.3, -0.25) is 5.41 Å². The number of para-hydroxylation sites is 1. The highest BCUT2D eigenvalue weighted by Gasteiger charge is 2.12. The molecule has 1 aromatic carbocycles. The van der Waals surface area contributed by atoms with Gasteiger partial charge in [0.1, 0.15) is 11.4 Å². The number of amidine groups is 1. The molecule has 3 N–H and O–H groups in total. The zero-order valence-corrected chi connectivity index (χ0v) is 10.6. The van der Waals surface area contributed by atoms with E-state index in [1.54, 1.807) is 23.0 Å². The first kappa shape index (κ1) is 13.0. The maximum atomic E-state index is 7.56. The van der Waals surface area contributed by atoms with Gasteiger partial charge in [-0.05, 0) is 24.3 Å². The normalized spacial score (nSPS) is 10.1. The first-order chi connectivity index (χ1) is 8.77. The van der Waals surface area contributed by atoms with E-state index in [-0.39, 0.29) is 18.2 Å². The molecule has 3 rings (SSSR count). The molecule has 6 nitrogen and oxygen atoms in total. The Morgan fingerprint density at radius 1 is 1.16 bits per heavy atom. The first-order valence-corrected chi connectivity index (χ1v) is 5.37. The van der Waals surface area contributed by atoms with Crippen molar-refractivity contribution < 1.29 is 0 Å². The summed E-state index contributed by atoms with van der Waals surface area (Å²) in [4.78, 5) is 4.23. The van der Waals surface area contributed by atoms with Crippen LogP contribution >= 0.6 is 12.4 Å². The molecule has 0 aliphatic rings. The lowest BCUT2D eigenvalue weighted by Crippen LogP contribution is -2.16. The molecule has 7 heteroatoms. The lowest BCUT2D eigenvalue weighted by Gasteiger charge is -2.06. The molecule has 0 saturated carbocycles. The molecule has 96 valence electrons. The Balaban J connectivity index is 0.00000133. The Morgan fingerprint density at radius 2 is 1.95 bits per heavy atom. The fourth-order valence-corrected chi connectivity index (χ4v) is 1.80. The van der Waals surface area contributed by atoms with Crippen LogP contribution in [0.4, 0.5) is 0 Å². The van der Waals surface area contributed by atoms with Crippen molar-refractivity contribution in [1.82, 2.24) is 20.0 Å². The average molecular weight is 275 g/mol. The molecule has 0 bridgehead atoms. The van der Waals surface area contributed by atoms with E-state index >= 15 is 0 Å². The van der Waals surface area contributed by atoms with Gasteiger partial charge in [0, 0.05) is 6.20 Å². The highest BCUT2D eigenvalue weighted by atomic mass is 35.5. The maximum Gasteiger partial charge on any atom is 0.166 e. The van der Waals surface area contributed by atoms with E-state index in [0.717, 1.165) is 11.0 Å². The average Bonchev–Trinajstić information content (AvgIpc) is 2.82. The van der Waals surface area contributed by atoms with Crippen molar-refractivity contribution in [1.29, 1.82) is 5.41 Å². The van der Waals surface area contributed by atoms with Crippen LogP contribution in [0.5, 0.6) is 0 Å². The van der Waals surface area contributed by atoms with Gasteiger partial charge >= 0.3 is 0 Å². The number of halogens is 1. The number of rotatable bonds is 2. The molecule has 0 aliphatic carbocycles. The third-order valence-electron chi connectivity index (χ3n) is 2.63. The molecule has 2 aromatic heterocycles. The lowest BCUT2D eigenvalue weighted by atomic mass is 10.2. The molecule has 2 heterocycles. The molecule has 0 fully saturated rings. The van der Waals surface area contributed by atoms with Crippen molar-refractivity contribution in [3.8, 4) is 5.82 Å². The summed E-state index contributed by atoms with van der Waals surface area (Å²) < 4.78 is 1.59. The summed E-state index contributed by atoms with van der Waals surface area (Å²) in [5.74, 6) is 0.469. The Labute approximate surface area is 115 Å². The number of nitrogens with zero attached hydrogens (tertiary/aromatic N) is 4. The summed E-state index contributed by atoms with van der Waals surface area (Å²) in [6.45, 7) is 0. The SMILES string of the molecule is Cl.N=C(N)c1cccnc1-n1nnc2ccccc21. The van der Waals surface area contributed by atoms with Crippen molar-refractivity contribution in [2.24, 2.45) is 5.73 Å². The molecule has 3 aromatic rings. The minimum atomic E-state index is -0.0438. The van der Waals surface area contributed by atoms with Crippen molar-refractivity contribution in [3.63, 3.8) is 0 Å². The molecular formula is C12H11ClN6. The van der Waals surface area contributed by atoms with Gasteiger partial charge in [0.25, 0.3) is 0 Å². The van der Waals surface area contributed by atoms with Crippen LogP contribution in [0.1, 0.15) is 5.56 Å². The fraction of sp³-hybridized carbons (Fsp3) is 0. The van der Waals surface area contributed by atoms with Crippen LogP contribution in [-0.4, -0.2) is 25.8 Å². The number of pyridine rings is 1. The number of nitrogens with two attached hydrogens (primary N) is 1. The Bertz CT molecular complexity index is 736. The summed E-state index contributed by atoms with van der Waals surface area (Å²) in [6, 6.07) is 11.0. The van der Waals surface area contributed by atoms with Crippen molar-refractivity contribution >= 4 is 29.3 Å². The third kappa shape index (κ3) is 2.13. The fourth-order valence-electron chi connectivity index (χ4n) is 1.80. The van der Waals surface area contributed by atoms with Crippen molar-refractivity contribution in [2.75, 3.05) is 0 Å². The molecule has 0 unspecified atom stereocenters. The van der Waals surface area contributed by atoms with Gasteiger partial charge < -0.3 is 5.73 Å². The quantitative estimate of drug-likeness (QED) is 0.547. The van der Waals surface area contributed by atoms with E-state index in [4.69, 9.17) is 11.1 Å². The van der Waals surface area contributed by atoms with Crippen LogP contribution < -0.4 is 5.73 Å². The van der Waals surface area contributed by atoms with Gasteiger partial charge in [-0.1, -0.05) is 17.3 Å². The standard InChI is InChI=1S/C12H10N6.ClH/c13-11(14)8-4-3-7-15-12(8)18-10-6-2-1-5-9(10)16-17-18;/h1-7H,(H3,13,14);1H. The zero-order chi connectivity index (χ0) is 12.5. The van der Waals surface area contributed by atoms with Gasteiger partial charge in [-0.15, -0.1) is 17.5 Å². The number of aromatic nitrogens is 4. The van der Waals surface area contributed by atoms with Crippen LogP contribution in [0.15, 0.2) is 42.6 Å².